The first-order chi connectivity index (χ1) is 7.74. The van der Waals surface area contributed by atoms with Gasteiger partial charge in [-0.2, -0.15) is 13.2 Å². The van der Waals surface area contributed by atoms with Crippen LogP contribution in [0.25, 0.3) is 0 Å². The summed E-state index contributed by atoms with van der Waals surface area (Å²) in [7, 11) is 0. The second-order valence-electron chi connectivity index (χ2n) is 5.78. The summed E-state index contributed by atoms with van der Waals surface area (Å²) in [4.78, 5) is 2.12. The molecular weight excluding hydrogens is 229 g/mol. The smallest absolute Gasteiger partial charge is 0.330 e. The van der Waals surface area contributed by atoms with Crippen LogP contribution in [0, 0.1) is 11.3 Å². The van der Waals surface area contributed by atoms with Crippen LogP contribution in [-0.4, -0.2) is 37.3 Å². The van der Waals surface area contributed by atoms with Gasteiger partial charge in [0.25, 0.3) is 0 Å². The van der Waals surface area contributed by atoms with Gasteiger partial charge >= 0.3 is 6.18 Å². The van der Waals surface area contributed by atoms with Crippen molar-refractivity contribution < 1.29 is 13.2 Å². The van der Waals surface area contributed by atoms with Crippen molar-refractivity contribution in [3.63, 3.8) is 0 Å². The van der Waals surface area contributed by atoms with E-state index >= 15 is 0 Å². The molecular formula is C12H23F3N2. The fraction of sp³-hybridized carbons (Fsp3) is 1.00. The summed E-state index contributed by atoms with van der Waals surface area (Å²) in [6.45, 7) is 6.78. The van der Waals surface area contributed by atoms with Crippen LogP contribution in [0.5, 0.6) is 0 Å². The molecule has 1 rings (SSSR count). The third kappa shape index (κ3) is 4.84. The maximum absolute atomic E-state index is 12.5. The summed E-state index contributed by atoms with van der Waals surface area (Å²) in [6, 6.07) is 0. The summed E-state index contributed by atoms with van der Waals surface area (Å²) in [6.07, 6.45) is -2.58. The Balaban J connectivity index is 2.29. The fourth-order valence-electron chi connectivity index (χ4n) is 2.05. The van der Waals surface area contributed by atoms with E-state index < -0.39 is 12.1 Å². The zero-order chi connectivity index (χ0) is 13.1. The van der Waals surface area contributed by atoms with Crippen LogP contribution in [0.1, 0.15) is 33.1 Å². The predicted molar refractivity (Wildman–Crippen MR) is 62.7 cm³/mol. The summed E-state index contributed by atoms with van der Waals surface area (Å²) < 4.78 is 37.4. The topological polar surface area (TPSA) is 29.3 Å². The highest BCUT2D eigenvalue weighted by Gasteiger charge is 2.40. The van der Waals surface area contributed by atoms with E-state index in [0.717, 1.165) is 13.0 Å². The van der Waals surface area contributed by atoms with Gasteiger partial charge in [-0.3, -0.25) is 0 Å². The number of piperidine rings is 1. The van der Waals surface area contributed by atoms with Gasteiger partial charge in [0.2, 0.25) is 0 Å². The van der Waals surface area contributed by atoms with E-state index in [9.17, 15) is 13.2 Å². The van der Waals surface area contributed by atoms with Gasteiger partial charge in [-0.05, 0) is 50.9 Å². The first kappa shape index (κ1) is 14.8. The van der Waals surface area contributed by atoms with Gasteiger partial charge in [0.15, 0.2) is 0 Å². The van der Waals surface area contributed by atoms with E-state index in [1.807, 2.05) is 0 Å². The number of likely N-dealkylation sites (tertiary alicyclic amines) is 1. The van der Waals surface area contributed by atoms with Crippen molar-refractivity contribution in [3.05, 3.63) is 0 Å². The van der Waals surface area contributed by atoms with Gasteiger partial charge in [-0.25, -0.2) is 0 Å². The molecule has 1 heterocycles. The molecule has 1 aliphatic rings. The molecule has 0 aromatic rings. The maximum atomic E-state index is 12.5. The Morgan fingerprint density at radius 3 is 2.12 bits per heavy atom. The predicted octanol–water partition coefficient (Wildman–Crippen LogP) is 2.64. The molecule has 0 aromatic carbocycles. The van der Waals surface area contributed by atoms with Crippen LogP contribution < -0.4 is 5.73 Å². The third-order valence-corrected chi connectivity index (χ3v) is 3.71. The molecule has 0 aliphatic carbocycles. The molecule has 17 heavy (non-hydrogen) atoms. The Kier molecular flexibility index (Phi) is 4.84. The molecule has 0 atom stereocenters. The van der Waals surface area contributed by atoms with Crippen LogP contribution in [0.4, 0.5) is 13.2 Å². The lowest BCUT2D eigenvalue weighted by molar-refractivity contribution is -0.185. The van der Waals surface area contributed by atoms with Crippen LogP contribution in [0.3, 0.4) is 0 Å². The fourth-order valence-corrected chi connectivity index (χ4v) is 2.05. The average Bonchev–Trinajstić information content (AvgIpc) is 2.26. The Morgan fingerprint density at radius 2 is 1.71 bits per heavy atom. The highest BCUT2D eigenvalue weighted by molar-refractivity contribution is 4.79. The molecule has 2 N–H and O–H groups in total. The highest BCUT2D eigenvalue weighted by Crippen LogP contribution is 2.34. The van der Waals surface area contributed by atoms with Crippen LogP contribution in [0.15, 0.2) is 0 Å². The van der Waals surface area contributed by atoms with Crippen molar-refractivity contribution in [1.29, 1.82) is 0 Å². The van der Waals surface area contributed by atoms with Gasteiger partial charge < -0.3 is 10.6 Å². The van der Waals surface area contributed by atoms with Crippen LogP contribution >= 0.6 is 0 Å². The number of hydrogen-bond donors (Lipinski definition) is 1. The number of hydrogen-bond acceptors (Lipinski definition) is 2. The van der Waals surface area contributed by atoms with Crippen molar-refractivity contribution in [3.8, 4) is 0 Å². The summed E-state index contributed by atoms with van der Waals surface area (Å²) in [5.74, 6) is -1.10. The van der Waals surface area contributed by atoms with Crippen LogP contribution in [0.2, 0.25) is 0 Å². The van der Waals surface area contributed by atoms with Crippen LogP contribution in [-0.2, 0) is 0 Å². The van der Waals surface area contributed by atoms with E-state index in [0.29, 0.717) is 19.6 Å². The summed E-state index contributed by atoms with van der Waals surface area (Å²) in [5, 5.41) is 0. The van der Waals surface area contributed by atoms with Crippen molar-refractivity contribution in [1.82, 2.24) is 4.90 Å². The molecule has 1 aliphatic heterocycles. The van der Waals surface area contributed by atoms with Gasteiger partial charge in [0.05, 0.1) is 5.92 Å². The minimum Gasteiger partial charge on any atom is -0.330 e. The lowest BCUT2D eigenvalue weighted by Gasteiger charge is -2.34. The monoisotopic (exact) mass is 252 g/mol. The lowest BCUT2D eigenvalue weighted by Crippen LogP contribution is -2.40. The van der Waals surface area contributed by atoms with E-state index in [-0.39, 0.29) is 18.3 Å². The number of halogens is 3. The molecule has 0 saturated carbocycles. The molecule has 0 amide bonds. The minimum absolute atomic E-state index is 0.0842. The Morgan fingerprint density at radius 1 is 1.18 bits per heavy atom. The molecule has 102 valence electrons. The zero-order valence-corrected chi connectivity index (χ0v) is 10.7. The third-order valence-electron chi connectivity index (χ3n) is 3.71. The van der Waals surface area contributed by atoms with E-state index in [2.05, 4.69) is 18.7 Å². The molecule has 0 spiro atoms. The standard InChI is InChI=1S/C12H23F3N2/c1-11(2,9-16)5-8-17-6-3-10(4-7-17)12(13,14)15/h10H,3-9,16H2,1-2H3. The van der Waals surface area contributed by atoms with Crippen molar-refractivity contribution in [2.75, 3.05) is 26.2 Å². The SMILES string of the molecule is CC(C)(CN)CCN1CCC(C(F)(F)F)CC1. The number of alkyl halides is 3. The molecule has 5 heteroatoms. The Hall–Kier alpha value is -0.290. The van der Waals surface area contributed by atoms with E-state index in [4.69, 9.17) is 5.73 Å². The molecule has 1 fully saturated rings. The molecule has 0 aromatic heterocycles. The largest absolute Gasteiger partial charge is 0.391 e. The van der Waals surface area contributed by atoms with E-state index in [1.165, 1.54) is 0 Å². The molecule has 1 saturated heterocycles. The van der Waals surface area contributed by atoms with Gasteiger partial charge in [0.1, 0.15) is 0 Å². The Bertz CT molecular complexity index is 230. The molecule has 2 nitrogen and oxygen atoms in total. The van der Waals surface area contributed by atoms with E-state index in [1.54, 1.807) is 0 Å². The molecule has 0 unspecified atom stereocenters. The van der Waals surface area contributed by atoms with Gasteiger partial charge in [-0.1, -0.05) is 13.8 Å². The van der Waals surface area contributed by atoms with Gasteiger partial charge in [0, 0.05) is 0 Å². The first-order valence-electron chi connectivity index (χ1n) is 6.24. The minimum atomic E-state index is -4.01. The maximum Gasteiger partial charge on any atom is 0.391 e. The number of nitrogens with zero attached hydrogens (tertiary/aromatic N) is 1. The normalized spacial score (nSPS) is 20.8. The highest BCUT2D eigenvalue weighted by atomic mass is 19.4. The first-order valence-corrected chi connectivity index (χ1v) is 6.24. The summed E-state index contributed by atoms with van der Waals surface area (Å²) >= 11 is 0. The number of nitrogens with two attached hydrogens (primary N) is 1. The molecule has 0 bridgehead atoms. The second-order valence-corrected chi connectivity index (χ2v) is 5.78. The quantitative estimate of drug-likeness (QED) is 0.833. The second kappa shape index (κ2) is 5.57. The van der Waals surface area contributed by atoms with Crippen molar-refractivity contribution in [2.45, 2.75) is 39.3 Å². The van der Waals surface area contributed by atoms with Gasteiger partial charge in [-0.15, -0.1) is 0 Å². The zero-order valence-electron chi connectivity index (χ0n) is 10.7. The summed E-state index contributed by atoms with van der Waals surface area (Å²) in [5.41, 5.74) is 5.72. The average molecular weight is 252 g/mol. The number of rotatable bonds is 4. The van der Waals surface area contributed by atoms with Crippen molar-refractivity contribution >= 4 is 0 Å². The lowest BCUT2D eigenvalue weighted by atomic mass is 9.88. The molecule has 0 radical (unpaired) electrons. The van der Waals surface area contributed by atoms with Crippen molar-refractivity contribution in [2.24, 2.45) is 17.1 Å². The Labute approximate surface area is 101 Å².